The number of terminal acetylenes is 1. The summed E-state index contributed by atoms with van der Waals surface area (Å²) in [6, 6.07) is 5.59. The Morgan fingerprint density at radius 3 is 2.69 bits per heavy atom. The van der Waals surface area contributed by atoms with Crippen LogP contribution in [0.15, 0.2) is 18.2 Å². The van der Waals surface area contributed by atoms with Crippen LogP contribution in [0.4, 0.5) is 0 Å². The molecule has 16 heavy (non-hydrogen) atoms. The normalized spacial score (nSPS) is 14.9. The SMILES string of the molecule is C#Cc1cc(C(=O)N2CCCC2)ccc1C. The highest BCUT2D eigenvalue weighted by atomic mass is 16.2. The van der Waals surface area contributed by atoms with Crippen molar-refractivity contribution in [3.05, 3.63) is 34.9 Å². The van der Waals surface area contributed by atoms with Crippen LogP contribution in [-0.2, 0) is 0 Å². The fraction of sp³-hybridized carbons (Fsp3) is 0.357. The Morgan fingerprint density at radius 2 is 2.06 bits per heavy atom. The molecular formula is C14H15NO. The van der Waals surface area contributed by atoms with E-state index in [1.165, 1.54) is 0 Å². The molecule has 1 fully saturated rings. The molecule has 0 bridgehead atoms. The molecule has 0 N–H and O–H groups in total. The Bertz CT molecular complexity index is 450. The summed E-state index contributed by atoms with van der Waals surface area (Å²) >= 11 is 0. The Morgan fingerprint density at radius 1 is 1.38 bits per heavy atom. The molecule has 2 heteroatoms. The first-order valence-electron chi connectivity index (χ1n) is 5.59. The number of hydrogen-bond donors (Lipinski definition) is 0. The Labute approximate surface area is 96.3 Å². The van der Waals surface area contributed by atoms with Crippen molar-refractivity contribution in [2.75, 3.05) is 13.1 Å². The van der Waals surface area contributed by atoms with Crippen LogP contribution in [-0.4, -0.2) is 23.9 Å². The van der Waals surface area contributed by atoms with Gasteiger partial charge in [-0.2, -0.15) is 0 Å². The number of aryl methyl sites for hydroxylation is 1. The average Bonchev–Trinajstić information content (AvgIpc) is 2.82. The largest absolute Gasteiger partial charge is 0.339 e. The first-order valence-corrected chi connectivity index (χ1v) is 5.59. The predicted octanol–water partition coefficient (Wildman–Crippen LogP) is 2.21. The number of carbonyl (C=O) groups is 1. The summed E-state index contributed by atoms with van der Waals surface area (Å²) in [5.41, 5.74) is 2.56. The van der Waals surface area contributed by atoms with Crippen LogP contribution in [0.5, 0.6) is 0 Å². The minimum Gasteiger partial charge on any atom is -0.339 e. The highest BCUT2D eigenvalue weighted by Gasteiger charge is 2.19. The van der Waals surface area contributed by atoms with Crippen molar-refractivity contribution in [3.8, 4) is 12.3 Å². The van der Waals surface area contributed by atoms with Gasteiger partial charge in [-0.1, -0.05) is 12.0 Å². The molecule has 1 saturated heterocycles. The molecule has 0 radical (unpaired) electrons. The van der Waals surface area contributed by atoms with Gasteiger partial charge < -0.3 is 4.90 Å². The maximum atomic E-state index is 12.1. The van der Waals surface area contributed by atoms with Gasteiger partial charge in [0.05, 0.1) is 0 Å². The summed E-state index contributed by atoms with van der Waals surface area (Å²) in [5.74, 6) is 2.72. The highest BCUT2D eigenvalue weighted by molar-refractivity contribution is 5.94. The van der Waals surface area contributed by atoms with Gasteiger partial charge in [-0.05, 0) is 37.5 Å². The molecular weight excluding hydrogens is 198 g/mol. The molecule has 1 amide bonds. The Hall–Kier alpha value is -1.75. The van der Waals surface area contributed by atoms with E-state index in [4.69, 9.17) is 6.42 Å². The van der Waals surface area contributed by atoms with Crippen LogP contribution < -0.4 is 0 Å². The summed E-state index contributed by atoms with van der Waals surface area (Å²) in [7, 11) is 0. The van der Waals surface area contributed by atoms with Crippen molar-refractivity contribution in [2.45, 2.75) is 19.8 Å². The molecule has 0 aromatic heterocycles. The van der Waals surface area contributed by atoms with E-state index in [2.05, 4.69) is 5.92 Å². The van der Waals surface area contributed by atoms with Crippen molar-refractivity contribution >= 4 is 5.91 Å². The summed E-state index contributed by atoms with van der Waals surface area (Å²) in [4.78, 5) is 14.0. The van der Waals surface area contributed by atoms with Gasteiger partial charge in [-0.15, -0.1) is 6.42 Å². The second-order valence-electron chi connectivity index (χ2n) is 4.17. The lowest BCUT2D eigenvalue weighted by Crippen LogP contribution is -2.27. The third-order valence-corrected chi connectivity index (χ3v) is 3.03. The quantitative estimate of drug-likeness (QED) is 0.655. The molecule has 1 aliphatic heterocycles. The van der Waals surface area contributed by atoms with Gasteiger partial charge in [0.15, 0.2) is 0 Å². The molecule has 1 heterocycles. The number of nitrogens with zero attached hydrogens (tertiary/aromatic N) is 1. The van der Waals surface area contributed by atoms with E-state index in [-0.39, 0.29) is 5.91 Å². The van der Waals surface area contributed by atoms with Crippen molar-refractivity contribution in [1.29, 1.82) is 0 Å². The van der Waals surface area contributed by atoms with Gasteiger partial charge in [-0.25, -0.2) is 0 Å². The second kappa shape index (κ2) is 4.40. The Balaban J connectivity index is 2.27. The molecule has 2 nitrogen and oxygen atoms in total. The lowest BCUT2D eigenvalue weighted by Gasteiger charge is -2.15. The van der Waals surface area contributed by atoms with Gasteiger partial charge in [0.25, 0.3) is 5.91 Å². The summed E-state index contributed by atoms with van der Waals surface area (Å²) in [6.07, 6.45) is 7.62. The zero-order valence-corrected chi connectivity index (χ0v) is 9.49. The van der Waals surface area contributed by atoms with E-state index in [1.54, 1.807) is 0 Å². The molecule has 82 valence electrons. The number of amides is 1. The highest BCUT2D eigenvalue weighted by Crippen LogP contribution is 2.15. The number of likely N-dealkylation sites (tertiary alicyclic amines) is 1. The van der Waals surface area contributed by atoms with Crippen LogP contribution in [0.1, 0.15) is 34.3 Å². The molecule has 2 rings (SSSR count). The van der Waals surface area contributed by atoms with Crippen LogP contribution in [0.3, 0.4) is 0 Å². The zero-order chi connectivity index (χ0) is 11.5. The summed E-state index contributed by atoms with van der Waals surface area (Å²) in [6.45, 7) is 3.70. The van der Waals surface area contributed by atoms with Crippen LogP contribution in [0.2, 0.25) is 0 Å². The maximum Gasteiger partial charge on any atom is 0.253 e. The molecule has 0 saturated carbocycles. The van der Waals surface area contributed by atoms with E-state index in [0.717, 1.165) is 37.1 Å². The molecule has 0 unspecified atom stereocenters. The van der Waals surface area contributed by atoms with Gasteiger partial charge in [0.1, 0.15) is 0 Å². The van der Waals surface area contributed by atoms with E-state index in [1.807, 2.05) is 30.0 Å². The minimum atomic E-state index is 0.106. The number of hydrogen-bond acceptors (Lipinski definition) is 1. The predicted molar refractivity (Wildman–Crippen MR) is 64.3 cm³/mol. The monoisotopic (exact) mass is 213 g/mol. The average molecular weight is 213 g/mol. The van der Waals surface area contributed by atoms with Gasteiger partial charge in [-0.3, -0.25) is 4.79 Å². The number of benzene rings is 1. The molecule has 0 atom stereocenters. The van der Waals surface area contributed by atoms with E-state index in [9.17, 15) is 4.79 Å². The van der Waals surface area contributed by atoms with Crippen LogP contribution in [0, 0.1) is 19.3 Å². The summed E-state index contributed by atoms with van der Waals surface area (Å²) in [5, 5.41) is 0. The van der Waals surface area contributed by atoms with Crippen LogP contribution >= 0.6 is 0 Å². The topological polar surface area (TPSA) is 20.3 Å². The molecule has 1 aromatic rings. The van der Waals surface area contributed by atoms with Gasteiger partial charge in [0.2, 0.25) is 0 Å². The molecule has 1 aromatic carbocycles. The van der Waals surface area contributed by atoms with Crippen molar-refractivity contribution < 1.29 is 4.79 Å². The maximum absolute atomic E-state index is 12.1. The van der Waals surface area contributed by atoms with Crippen molar-refractivity contribution in [1.82, 2.24) is 4.90 Å². The molecule has 0 spiro atoms. The van der Waals surface area contributed by atoms with Crippen molar-refractivity contribution in [3.63, 3.8) is 0 Å². The standard InChI is InChI=1S/C14H15NO/c1-3-12-10-13(7-6-11(12)2)14(16)15-8-4-5-9-15/h1,6-7,10H,4-5,8-9H2,2H3. The van der Waals surface area contributed by atoms with Crippen LogP contribution in [0.25, 0.3) is 0 Å². The van der Waals surface area contributed by atoms with E-state index in [0.29, 0.717) is 5.56 Å². The van der Waals surface area contributed by atoms with E-state index < -0.39 is 0 Å². The number of rotatable bonds is 1. The second-order valence-corrected chi connectivity index (χ2v) is 4.17. The van der Waals surface area contributed by atoms with Gasteiger partial charge >= 0.3 is 0 Å². The fourth-order valence-corrected chi connectivity index (χ4v) is 2.01. The fourth-order valence-electron chi connectivity index (χ4n) is 2.01. The molecule has 0 aliphatic carbocycles. The first-order chi connectivity index (χ1) is 7.72. The molecule has 1 aliphatic rings. The minimum absolute atomic E-state index is 0.106. The zero-order valence-electron chi connectivity index (χ0n) is 9.49. The third kappa shape index (κ3) is 1.94. The third-order valence-electron chi connectivity index (χ3n) is 3.03. The lowest BCUT2D eigenvalue weighted by atomic mass is 10.0. The van der Waals surface area contributed by atoms with Crippen molar-refractivity contribution in [2.24, 2.45) is 0 Å². The first kappa shape index (κ1) is 10.8. The summed E-state index contributed by atoms with van der Waals surface area (Å²) < 4.78 is 0. The Kier molecular flexibility index (Phi) is 2.96. The lowest BCUT2D eigenvalue weighted by molar-refractivity contribution is 0.0793. The smallest absolute Gasteiger partial charge is 0.253 e. The number of carbonyl (C=O) groups excluding carboxylic acids is 1. The van der Waals surface area contributed by atoms with E-state index >= 15 is 0 Å². The van der Waals surface area contributed by atoms with Gasteiger partial charge in [0, 0.05) is 24.2 Å².